The lowest BCUT2D eigenvalue weighted by Gasteiger charge is -2.21. The fourth-order valence-electron chi connectivity index (χ4n) is 3.01. The Kier molecular flexibility index (Phi) is 8.34. The van der Waals surface area contributed by atoms with E-state index in [1.165, 1.54) is 18.2 Å². The summed E-state index contributed by atoms with van der Waals surface area (Å²) in [6, 6.07) is 8.29. The van der Waals surface area contributed by atoms with E-state index < -0.39 is 11.6 Å². The molecule has 0 N–H and O–H groups in total. The van der Waals surface area contributed by atoms with Crippen molar-refractivity contribution in [2.24, 2.45) is 0 Å². The van der Waals surface area contributed by atoms with Crippen LogP contribution in [0.1, 0.15) is 19.3 Å². The predicted molar refractivity (Wildman–Crippen MR) is 121 cm³/mol. The van der Waals surface area contributed by atoms with Crippen LogP contribution in [0.15, 0.2) is 41.3 Å². The van der Waals surface area contributed by atoms with Gasteiger partial charge in [0.2, 0.25) is 5.91 Å². The molecule has 1 heterocycles. The van der Waals surface area contributed by atoms with Gasteiger partial charge >= 0.3 is 0 Å². The molecule has 1 aromatic heterocycles. The highest BCUT2D eigenvalue weighted by Crippen LogP contribution is 2.32. The fourth-order valence-corrected chi connectivity index (χ4v) is 4.91. The maximum absolute atomic E-state index is 14.1. The number of carbonyl (C=O) groups is 1. The number of anilines is 1. The maximum atomic E-state index is 14.1. The van der Waals surface area contributed by atoms with Crippen molar-refractivity contribution in [2.45, 2.75) is 24.2 Å². The first-order valence-electron chi connectivity index (χ1n) is 9.92. The van der Waals surface area contributed by atoms with Crippen molar-refractivity contribution in [3.05, 3.63) is 53.8 Å². The summed E-state index contributed by atoms with van der Waals surface area (Å²) in [4.78, 5) is 21.8. The van der Waals surface area contributed by atoms with Crippen molar-refractivity contribution in [3.63, 3.8) is 0 Å². The van der Waals surface area contributed by atoms with Crippen LogP contribution in [0, 0.1) is 17.5 Å². The average Bonchev–Trinajstić information content (AvgIpc) is 3.13. The second-order valence-electron chi connectivity index (χ2n) is 7.34. The number of hydrogen-bond acceptors (Lipinski definition) is 5. The van der Waals surface area contributed by atoms with Gasteiger partial charge in [0.25, 0.3) is 0 Å². The van der Waals surface area contributed by atoms with E-state index in [-0.39, 0.29) is 17.2 Å². The Morgan fingerprint density at radius 1 is 1.03 bits per heavy atom. The Labute approximate surface area is 188 Å². The minimum atomic E-state index is -0.728. The molecule has 0 unspecified atom stereocenters. The molecule has 3 aromatic rings. The number of amides is 1. The molecule has 0 aliphatic carbocycles. The highest BCUT2D eigenvalue weighted by Gasteiger charge is 2.21. The number of aromatic nitrogens is 1. The molecule has 0 atom stereocenters. The molecule has 9 heteroatoms. The lowest BCUT2D eigenvalue weighted by atomic mass is 10.3. The molecule has 0 aliphatic rings. The van der Waals surface area contributed by atoms with Gasteiger partial charge in [-0.15, -0.1) is 11.8 Å². The van der Waals surface area contributed by atoms with Crippen LogP contribution in [-0.4, -0.2) is 48.7 Å². The third-order valence-corrected chi connectivity index (χ3v) is 6.66. The third kappa shape index (κ3) is 6.69. The third-order valence-electron chi connectivity index (χ3n) is 4.54. The number of nitrogens with zero attached hydrogens (tertiary/aromatic N) is 3. The van der Waals surface area contributed by atoms with E-state index in [1.807, 2.05) is 19.0 Å². The van der Waals surface area contributed by atoms with Crippen LogP contribution in [0.25, 0.3) is 10.2 Å². The molecule has 0 radical (unpaired) electrons. The Balaban J connectivity index is 1.66. The molecular formula is C22H24F3N3OS2. The summed E-state index contributed by atoms with van der Waals surface area (Å²) in [5.41, 5.74) is 0.0821. The van der Waals surface area contributed by atoms with Crippen LogP contribution in [-0.2, 0) is 4.79 Å². The smallest absolute Gasteiger partial charge is 0.228 e. The molecule has 0 spiro atoms. The van der Waals surface area contributed by atoms with E-state index in [1.54, 1.807) is 28.8 Å². The van der Waals surface area contributed by atoms with Crippen molar-refractivity contribution in [2.75, 3.05) is 37.8 Å². The molecule has 0 saturated heterocycles. The van der Waals surface area contributed by atoms with Gasteiger partial charge in [-0.3, -0.25) is 9.69 Å². The summed E-state index contributed by atoms with van der Waals surface area (Å²) >= 11 is 2.68. The topological polar surface area (TPSA) is 36.4 Å². The van der Waals surface area contributed by atoms with E-state index in [2.05, 4.69) is 4.98 Å². The molecule has 0 bridgehead atoms. The number of hydrogen-bond donors (Lipinski definition) is 0. The molecule has 1 amide bonds. The molecule has 0 aliphatic heterocycles. The lowest BCUT2D eigenvalue weighted by Crippen LogP contribution is -2.33. The molecule has 0 fully saturated rings. The Morgan fingerprint density at radius 3 is 2.48 bits per heavy atom. The summed E-state index contributed by atoms with van der Waals surface area (Å²) < 4.78 is 41.0. The Hall–Kier alpha value is -2.10. The van der Waals surface area contributed by atoms with E-state index in [0.717, 1.165) is 35.3 Å². The van der Waals surface area contributed by atoms with Crippen LogP contribution >= 0.6 is 23.1 Å². The van der Waals surface area contributed by atoms with Crippen molar-refractivity contribution in [3.8, 4) is 0 Å². The lowest BCUT2D eigenvalue weighted by molar-refractivity contribution is -0.118. The molecule has 31 heavy (non-hydrogen) atoms. The summed E-state index contributed by atoms with van der Waals surface area (Å²) in [5, 5.41) is 0.384. The second kappa shape index (κ2) is 11.0. The van der Waals surface area contributed by atoms with Crippen molar-refractivity contribution < 1.29 is 18.0 Å². The van der Waals surface area contributed by atoms with Crippen LogP contribution in [0.5, 0.6) is 0 Å². The summed E-state index contributed by atoms with van der Waals surface area (Å²) in [5.74, 6) is -1.06. The van der Waals surface area contributed by atoms with Gasteiger partial charge in [-0.05, 0) is 69.6 Å². The van der Waals surface area contributed by atoms with Crippen molar-refractivity contribution in [1.29, 1.82) is 0 Å². The standard InChI is InChI=1S/C22H24F3N3OS2/c1-27(2)10-4-11-28(22-26-21-18(25)13-16(24)14-19(21)31-22)20(29)5-3-12-30-17-8-6-15(23)7-9-17/h6-9,13-14H,3-5,10-12H2,1-2H3. The zero-order valence-corrected chi connectivity index (χ0v) is 19.0. The molecule has 4 nitrogen and oxygen atoms in total. The van der Waals surface area contributed by atoms with Gasteiger partial charge in [0, 0.05) is 23.9 Å². The van der Waals surface area contributed by atoms with Gasteiger partial charge in [0.15, 0.2) is 10.9 Å². The number of thioether (sulfide) groups is 1. The number of thiazole rings is 1. The number of carbonyl (C=O) groups excluding carboxylic acids is 1. The second-order valence-corrected chi connectivity index (χ2v) is 9.52. The van der Waals surface area contributed by atoms with Crippen LogP contribution in [0.4, 0.5) is 18.3 Å². The summed E-state index contributed by atoms with van der Waals surface area (Å²) in [6.07, 6.45) is 1.68. The van der Waals surface area contributed by atoms with Gasteiger partial charge in [-0.25, -0.2) is 18.2 Å². The summed E-state index contributed by atoms with van der Waals surface area (Å²) in [6.45, 7) is 1.24. The predicted octanol–water partition coefficient (Wildman–Crippen LogP) is 5.57. The first kappa shape index (κ1) is 23.6. The van der Waals surface area contributed by atoms with Gasteiger partial charge in [-0.2, -0.15) is 0 Å². The molecule has 0 saturated carbocycles. The van der Waals surface area contributed by atoms with Gasteiger partial charge in [0.1, 0.15) is 17.2 Å². The first-order valence-corrected chi connectivity index (χ1v) is 11.7. The monoisotopic (exact) mass is 467 g/mol. The largest absolute Gasteiger partial charge is 0.309 e. The van der Waals surface area contributed by atoms with Crippen molar-refractivity contribution >= 4 is 44.4 Å². The van der Waals surface area contributed by atoms with Gasteiger partial charge in [0.05, 0.1) is 4.70 Å². The fraction of sp³-hybridized carbons (Fsp3) is 0.364. The average molecular weight is 468 g/mol. The Bertz CT molecular complexity index is 1020. The number of halogens is 3. The van der Waals surface area contributed by atoms with E-state index in [0.29, 0.717) is 35.0 Å². The number of rotatable bonds is 10. The van der Waals surface area contributed by atoms with Crippen molar-refractivity contribution in [1.82, 2.24) is 9.88 Å². The van der Waals surface area contributed by atoms with Gasteiger partial charge in [-0.1, -0.05) is 11.3 Å². The molecule has 2 aromatic carbocycles. The van der Waals surface area contributed by atoms with E-state index in [9.17, 15) is 18.0 Å². The highest BCUT2D eigenvalue weighted by molar-refractivity contribution is 7.99. The maximum Gasteiger partial charge on any atom is 0.228 e. The normalized spacial score (nSPS) is 11.4. The Morgan fingerprint density at radius 2 is 1.77 bits per heavy atom. The van der Waals surface area contributed by atoms with E-state index in [4.69, 9.17) is 0 Å². The quantitative estimate of drug-likeness (QED) is 0.289. The number of fused-ring (bicyclic) bond motifs is 1. The molecule has 3 rings (SSSR count). The zero-order valence-electron chi connectivity index (χ0n) is 17.4. The minimum Gasteiger partial charge on any atom is -0.309 e. The van der Waals surface area contributed by atoms with Crippen LogP contribution in [0.3, 0.4) is 0 Å². The molecule has 166 valence electrons. The van der Waals surface area contributed by atoms with Crippen LogP contribution in [0.2, 0.25) is 0 Å². The minimum absolute atomic E-state index is 0.0821. The highest BCUT2D eigenvalue weighted by atomic mass is 32.2. The first-order chi connectivity index (χ1) is 14.8. The molecular weight excluding hydrogens is 443 g/mol. The summed E-state index contributed by atoms with van der Waals surface area (Å²) in [7, 11) is 3.91. The SMILES string of the molecule is CN(C)CCCN(C(=O)CCCSc1ccc(F)cc1)c1nc2c(F)cc(F)cc2s1. The zero-order chi connectivity index (χ0) is 22.4. The van der Waals surface area contributed by atoms with E-state index >= 15 is 0 Å². The van der Waals surface area contributed by atoms with Gasteiger partial charge < -0.3 is 4.90 Å². The van der Waals surface area contributed by atoms with Crippen LogP contribution < -0.4 is 4.90 Å². The number of benzene rings is 2.